The molecule has 2 N–H and O–H groups in total. The first kappa shape index (κ1) is 20.1. The van der Waals surface area contributed by atoms with Crippen LogP contribution in [0.4, 0.5) is 4.79 Å². The smallest absolute Gasteiger partial charge is 0.407 e. The van der Waals surface area contributed by atoms with E-state index in [0.717, 1.165) is 10.0 Å². The molecule has 0 spiro atoms. The normalized spacial score (nSPS) is 18.2. The average Bonchev–Trinajstić information content (AvgIpc) is 3.13. The number of alkyl carbamates (subject to hydrolysis) is 1. The molecule has 0 saturated heterocycles. The van der Waals surface area contributed by atoms with Crippen LogP contribution in [0.3, 0.4) is 0 Å². The molecule has 1 amide bonds. The number of H-pyrrole nitrogens is 1. The second-order valence-corrected chi connectivity index (χ2v) is 7.25. The molecule has 1 aliphatic heterocycles. The third-order valence-electron chi connectivity index (χ3n) is 4.20. The first-order valence-corrected chi connectivity index (χ1v) is 9.52. The molecule has 0 unspecified atom stereocenters. The van der Waals surface area contributed by atoms with Crippen molar-refractivity contribution in [3.63, 3.8) is 0 Å². The summed E-state index contributed by atoms with van der Waals surface area (Å²) in [5, 5.41) is 2.69. The van der Waals surface area contributed by atoms with Crippen molar-refractivity contribution in [1.29, 1.82) is 0 Å². The standard InChI is InChI=1S/C19H20BrN3O5/c1-12-10-23(18(25)22-17(12)24)16-7-6-15(28-16)11-27-19(26)21-9-8-13-2-4-14(20)5-3-13/h2-7,10,15-16H,8-9,11H2,1H3,(H,21,26)(H,22,24,25)/t15-,16+/m0/s1. The minimum Gasteiger partial charge on any atom is -0.446 e. The van der Waals surface area contributed by atoms with E-state index in [1.807, 2.05) is 24.3 Å². The van der Waals surface area contributed by atoms with E-state index in [1.165, 1.54) is 10.8 Å². The molecule has 1 aromatic carbocycles. The van der Waals surface area contributed by atoms with Gasteiger partial charge in [-0.15, -0.1) is 0 Å². The largest absolute Gasteiger partial charge is 0.446 e. The summed E-state index contributed by atoms with van der Waals surface area (Å²) in [5.41, 5.74) is 0.525. The van der Waals surface area contributed by atoms with Gasteiger partial charge in [0.25, 0.3) is 5.56 Å². The van der Waals surface area contributed by atoms with Crippen LogP contribution in [0.1, 0.15) is 17.4 Å². The lowest BCUT2D eigenvalue weighted by molar-refractivity contribution is -0.0149. The van der Waals surface area contributed by atoms with Crippen molar-refractivity contribution in [3.05, 3.63) is 79.1 Å². The molecule has 3 rings (SSSR count). The zero-order chi connectivity index (χ0) is 20.1. The number of aryl methyl sites for hydroxylation is 1. The van der Waals surface area contributed by atoms with Gasteiger partial charge in [-0.3, -0.25) is 14.3 Å². The number of benzene rings is 1. The van der Waals surface area contributed by atoms with Crippen LogP contribution in [0.25, 0.3) is 0 Å². The van der Waals surface area contributed by atoms with Crippen LogP contribution in [0.15, 0.2) is 56.7 Å². The number of ether oxygens (including phenoxy) is 2. The van der Waals surface area contributed by atoms with Gasteiger partial charge in [0.05, 0.1) is 0 Å². The zero-order valence-electron chi connectivity index (χ0n) is 15.2. The van der Waals surface area contributed by atoms with Gasteiger partial charge in [-0.2, -0.15) is 0 Å². The zero-order valence-corrected chi connectivity index (χ0v) is 16.8. The van der Waals surface area contributed by atoms with E-state index in [1.54, 1.807) is 19.1 Å². The highest BCUT2D eigenvalue weighted by molar-refractivity contribution is 9.10. The summed E-state index contributed by atoms with van der Waals surface area (Å²) in [6, 6.07) is 7.86. The Balaban J connectivity index is 1.42. The Bertz CT molecular complexity index is 980. The molecule has 1 aliphatic rings. The number of hydrogen-bond acceptors (Lipinski definition) is 5. The molecule has 2 atom stereocenters. The van der Waals surface area contributed by atoms with Crippen LogP contribution in [-0.2, 0) is 15.9 Å². The fourth-order valence-electron chi connectivity index (χ4n) is 2.69. The molecule has 8 nitrogen and oxygen atoms in total. The van der Waals surface area contributed by atoms with Crippen molar-refractivity contribution in [2.24, 2.45) is 0 Å². The number of amides is 1. The molecule has 0 bridgehead atoms. The highest BCUT2D eigenvalue weighted by Gasteiger charge is 2.23. The molecule has 0 saturated carbocycles. The average molecular weight is 450 g/mol. The quantitative estimate of drug-likeness (QED) is 0.656. The number of nitrogens with one attached hydrogen (secondary N) is 2. The summed E-state index contributed by atoms with van der Waals surface area (Å²) in [7, 11) is 0. The van der Waals surface area contributed by atoms with Crippen LogP contribution in [0, 0.1) is 6.92 Å². The van der Waals surface area contributed by atoms with Crippen molar-refractivity contribution in [2.75, 3.05) is 13.2 Å². The number of rotatable bonds is 6. The van der Waals surface area contributed by atoms with Crippen LogP contribution >= 0.6 is 15.9 Å². The van der Waals surface area contributed by atoms with Crippen molar-refractivity contribution < 1.29 is 14.3 Å². The van der Waals surface area contributed by atoms with E-state index in [9.17, 15) is 14.4 Å². The van der Waals surface area contributed by atoms with E-state index in [4.69, 9.17) is 9.47 Å². The van der Waals surface area contributed by atoms with E-state index in [2.05, 4.69) is 26.2 Å². The van der Waals surface area contributed by atoms with Crippen LogP contribution in [-0.4, -0.2) is 34.9 Å². The molecule has 9 heteroatoms. The van der Waals surface area contributed by atoms with Gasteiger partial charge in [0.1, 0.15) is 12.7 Å². The molecular weight excluding hydrogens is 430 g/mol. The molecular formula is C19H20BrN3O5. The summed E-state index contributed by atoms with van der Waals surface area (Å²) in [6.45, 7) is 2.08. The molecule has 28 heavy (non-hydrogen) atoms. The van der Waals surface area contributed by atoms with E-state index in [-0.39, 0.29) is 6.61 Å². The van der Waals surface area contributed by atoms with Crippen molar-refractivity contribution >= 4 is 22.0 Å². The first-order valence-electron chi connectivity index (χ1n) is 8.73. The Labute approximate surface area is 169 Å². The third-order valence-corrected chi connectivity index (χ3v) is 4.73. The van der Waals surface area contributed by atoms with E-state index in [0.29, 0.717) is 18.5 Å². The Morgan fingerprint density at radius 1 is 1.29 bits per heavy atom. The van der Waals surface area contributed by atoms with Gasteiger partial charge >= 0.3 is 11.8 Å². The second-order valence-electron chi connectivity index (χ2n) is 6.33. The Kier molecular flexibility index (Phi) is 6.48. The van der Waals surface area contributed by atoms with Gasteiger partial charge in [-0.1, -0.05) is 34.1 Å². The summed E-state index contributed by atoms with van der Waals surface area (Å²) >= 11 is 3.38. The number of carbonyl (C=O) groups is 1. The van der Waals surface area contributed by atoms with Gasteiger partial charge in [-0.25, -0.2) is 9.59 Å². The fourth-order valence-corrected chi connectivity index (χ4v) is 2.95. The summed E-state index contributed by atoms with van der Waals surface area (Å²) in [5.74, 6) is 0. The molecule has 0 fully saturated rings. The second kappa shape index (κ2) is 9.03. The monoisotopic (exact) mass is 449 g/mol. The molecule has 2 aromatic rings. The Morgan fingerprint density at radius 3 is 2.79 bits per heavy atom. The lowest BCUT2D eigenvalue weighted by atomic mass is 10.1. The third kappa shape index (κ3) is 5.20. The van der Waals surface area contributed by atoms with Crippen molar-refractivity contribution in [3.8, 4) is 0 Å². The van der Waals surface area contributed by atoms with Crippen LogP contribution in [0.2, 0.25) is 0 Å². The Hall–Kier alpha value is -2.65. The lowest BCUT2D eigenvalue weighted by Gasteiger charge is -2.16. The van der Waals surface area contributed by atoms with E-state index < -0.39 is 29.7 Å². The summed E-state index contributed by atoms with van der Waals surface area (Å²) in [6.07, 6.45) is 3.87. The molecule has 0 radical (unpaired) electrons. The summed E-state index contributed by atoms with van der Waals surface area (Å²) < 4.78 is 13.1. The number of hydrogen-bond donors (Lipinski definition) is 2. The molecule has 1 aromatic heterocycles. The van der Waals surface area contributed by atoms with Gasteiger partial charge in [0.15, 0.2) is 6.23 Å². The van der Waals surface area contributed by atoms with Gasteiger partial charge < -0.3 is 14.8 Å². The number of carbonyl (C=O) groups excluding carboxylic acids is 1. The highest BCUT2D eigenvalue weighted by atomic mass is 79.9. The topological polar surface area (TPSA) is 102 Å². The van der Waals surface area contributed by atoms with Crippen molar-refractivity contribution in [2.45, 2.75) is 25.7 Å². The lowest BCUT2D eigenvalue weighted by Crippen LogP contribution is -2.34. The van der Waals surface area contributed by atoms with E-state index >= 15 is 0 Å². The number of aromatic nitrogens is 2. The maximum Gasteiger partial charge on any atom is 0.407 e. The van der Waals surface area contributed by atoms with Gasteiger partial charge in [0.2, 0.25) is 0 Å². The predicted molar refractivity (Wildman–Crippen MR) is 106 cm³/mol. The number of nitrogens with zero attached hydrogens (tertiary/aromatic N) is 1. The van der Waals surface area contributed by atoms with Crippen LogP contribution in [0.5, 0.6) is 0 Å². The number of aromatic amines is 1. The maximum absolute atomic E-state index is 11.9. The minimum atomic E-state index is -0.655. The molecule has 0 aliphatic carbocycles. The highest BCUT2D eigenvalue weighted by Crippen LogP contribution is 2.19. The maximum atomic E-state index is 11.9. The van der Waals surface area contributed by atoms with Gasteiger partial charge in [0, 0.05) is 22.8 Å². The minimum absolute atomic E-state index is 0.0220. The molecule has 2 heterocycles. The molecule has 148 valence electrons. The summed E-state index contributed by atoms with van der Waals surface area (Å²) in [4.78, 5) is 37.4. The predicted octanol–water partition coefficient (Wildman–Crippen LogP) is 2.03. The van der Waals surface area contributed by atoms with Crippen LogP contribution < -0.4 is 16.6 Å². The number of halogens is 1. The van der Waals surface area contributed by atoms with Crippen molar-refractivity contribution in [1.82, 2.24) is 14.9 Å². The SMILES string of the molecule is Cc1cn([C@H]2C=C[C@@H](COC(=O)NCCc3ccc(Br)cc3)O2)c(=O)[nH]c1=O. The first-order chi connectivity index (χ1) is 13.4. The van der Waals surface area contributed by atoms with Gasteiger partial charge in [-0.05, 0) is 37.1 Å². The fraction of sp³-hybridized carbons (Fsp3) is 0.316. The Morgan fingerprint density at radius 2 is 2.04 bits per heavy atom.